The first-order chi connectivity index (χ1) is 11.1. The van der Waals surface area contributed by atoms with Crippen molar-refractivity contribution in [1.29, 1.82) is 0 Å². The van der Waals surface area contributed by atoms with Gasteiger partial charge in [-0.1, -0.05) is 12.1 Å². The van der Waals surface area contributed by atoms with Crippen LogP contribution in [0.5, 0.6) is 0 Å². The van der Waals surface area contributed by atoms with E-state index in [2.05, 4.69) is 20.8 Å². The van der Waals surface area contributed by atoms with Gasteiger partial charge in [-0.2, -0.15) is 5.10 Å². The maximum absolute atomic E-state index is 12.2. The summed E-state index contributed by atoms with van der Waals surface area (Å²) in [6, 6.07) is 7.93. The number of nitrogens with one attached hydrogen (secondary N) is 3. The van der Waals surface area contributed by atoms with Crippen molar-refractivity contribution in [3.63, 3.8) is 0 Å². The maximum Gasteiger partial charge on any atom is 0.270 e. The Balaban J connectivity index is 1.71. The van der Waals surface area contributed by atoms with Crippen molar-refractivity contribution in [1.82, 2.24) is 15.5 Å². The molecular weight excluding hydrogens is 298 g/mol. The lowest BCUT2D eigenvalue weighted by Crippen LogP contribution is -2.34. The van der Waals surface area contributed by atoms with Gasteiger partial charge in [-0.15, -0.1) is 0 Å². The molecule has 1 amide bonds. The fourth-order valence-electron chi connectivity index (χ4n) is 2.63. The molecule has 120 valence electrons. The number of piperidine rings is 1. The third kappa shape index (κ3) is 3.54. The molecule has 8 heteroatoms. The van der Waals surface area contributed by atoms with E-state index in [0.717, 1.165) is 25.9 Å². The van der Waals surface area contributed by atoms with Crippen molar-refractivity contribution in [2.24, 2.45) is 5.92 Å². The molecule has 2 aromatic rings. The number of carbonyl (C=O) groups is 1. The molecule has 8 nitrogen and oxygen atoms in total. The molecule has 1 aromatic carbocycles. The minimum Gasteiger partial charge on any atom is -0.317 e. The van der Waals surface area contributed by atoms with Crippen molar-refractivity contribution >= 4 is 17.4 Å². The average molecular weight is 315 g/mol. The summed E-state index contributed by atoms with van der Waals surface area (Å²) in [5, 5.41) is 23.7. The Labute approximate surface area is 132 Å². The third-order valence-corrected chi connectivity index (χ3v) is 3.91. The Morgan fingerprint density at radius 3 is 2.83 bits per heavy atom. The molecule has 23 heavy (non-hydrogen) atoms. The van der Waals surface area contributed by atoms with Crippen molar-refractivity contribution in [2.75, 3.05) is 18.4 Å². The zero-order valence-corrected chi connectivity index (χ0v) is 12.4. The number of H-pyrrole nitrogens is 1. The molecule has 0 unspecified atom stereocenters. The fourth-order valence-corrected chi connectivity index (χ4v) is 2.63. The smallest absolute Gasteiger partial charge is 0.270 e. The van der Waals surface area contributed by atoms with Gasteiger partial charge in [-0.05, 0) is 25.9 Å². The van der Waals surface area contributed by atoms with Crippen LogP contribution >= 0.6 is 0 Å². The van der Waals surface area contributed by atoms with E-state index in [1.54, 1.807) is 18.2 Å². The molecular formula is C15H17N5O3. The number of aromatic amines is 1. The van der Waals surface area contributed by atoms with Crippen LogP contribution < -0.4 is 10.6 Å². The summed E-state index contributed by atoms with van der Waals surface area (Å²) in [6.07, 6.45) is 1.63. The van der Waals surface area contributed by atoms with E-state index in [1.165, 1.54) is 12.1 Å². The number of rotatable bonds is 4. The number of hydrogen-bond donors (Lipinski definition) is 3. The first kappa shape index (κ1) is 15.2. The van der Waals surface area contributed by atoms with Crippen molar-refractivity contribution in [3.05, 3.63) is 40.4 Å². The van der Waals surface area contributed by atoms with Crippen LogP contribution in [0, 0.1) is 16.0 Å². The first-order valence-corrected chi connectivity index (χ1v) is 7.45. The first-order valence-electron chi connectivity index (χ1n) is 7.45. The highest BCUT2D eigenvalue weighted by atomic mass is 16.6. The van der Waals surface area contributed by atoms with Gasteiger partial charge in [0.2, 0.25) is 5.91 Å². The second kappa shape index (κ2) is 6.57. The van der Waals surface area contributed by atoms with E-state index < -0.39 is 4.92 Å². The zero-order chi connectivity index (χ0) is 16.2. The van der Waals surface area contributed by atoms with Gasteiger partial charge in [0.25, 0.3) is 5.69 Å². The second-order valence-corrected chi connectivity index (χ2v) is 5.49. The quantitative estimate of drug-likeness (QED) is 0.589. The van der Waals surface area contributed by atoms with Crippen LogP contribution in [-0.2, 0) is 4.79 Å². The molecule has 1 saturated heterocycles. The molecule has 1 fully saturated rings. The Bertz CT molecular complexity index is 721. The minimum absolute atomic E-state index is 0.00536. The van der Waals surface area contributed by atoms with Crippen molar-refractivity contribution in [3.8, 4) is 11.3 Å². The van der Waals surface area contributed by atoms with Crippen LogP contribution in [0.1, 0.15) is 12.8 Å². The number of carbonyl (C=O) groups excluding carboxylic acids is 1. The lowest BCUT2D eigenvalue weighted by Gasteiger charge is -2.21. The number of hydrogen-bond acceptors (Lipinski definition) is 5. The molecule has 1 aliphatic heterocycles. The molecule has 1 aromatic heterocycles. The molecule has 3 rings (SSSR count). The maximum atomic E-state index is 12.2. The monoisotopic (exact) mass is 315 g/mol. The van der Waals surface area contributed by atoms with Crippen molar-refractivity contribution in [2.45, 2.75) is 12.8 Å². The summed E-state index contributed by atoms with van der Waals surface area (Å²) in [6.45, 7) is 1.69. The minimum atomic E-state index is -0.445. The topological polar surface area (TPSA) is 113 Å². The summed E-state index contributed by atoms with van der Waals surface area (Å²) in [5.74, 6) is 0.382. The second-order valence-electron chi connectivity index (χ2n) is 5.49. The number of nitrogens with zero attached hydrogens (tertiary/aromatic N) is 2. The molecule has 2 heterocycles. The number of non-ortho nitro benzene ring substituents is 1. The number of nitro groups is 1. The highest BCUT2D eigenvalue weighted by Gasteiger charge is 2.21. The Morgan fingerprint density at radius 1 is 1.30 bits per heavy atom. The van der Waals surface area contributed by atoms with Crippen molar-refractivity contribution < 1.29 is 9.72 Å². The van der Waals surface area contributed by atoms with Crippen LogP contribution in [0.4, 0.5) is 11.5 Å². The zero-order valence-electron chi connectivity index (χ0n) is 12.4. The van der Waals surface area contributed by atoms with Crippen LogP contribution in [0.25, 0.3) is 11.3 Å². The normalized spacial score (nSPS) is 15.3. The van der Waals surface area contributed by atoms with E-state index in [-0.39, 0.29) is 17.5 Å². The lowest BCUT2D eigenvalue weighted by molar-refractivity contribution is -0.384. The Hall–Kier alpha value is -2.74. The summed E-state index contributed by atoms with van der Waals surface area (Å²) in [5.41, 5.74) is 1.28. The van der Waals surface area contributed by atoms with Crippen LogP contribution in [0.2, 0.25) is 0 Å². The highest BCUT2D eigenvalue weighted by Crippen LogP contribution is 2.24. The summed E-state index contributed by atoms with van der Waals surface area (Å²) in [7, 11) is 0. The van der Waals surface area contributed by atoms with E-state index in [1.807, 2.05) is 0 Å². The van der Waals surface area contributed by atoms with Gasteiger partial charge in [-0.25, -0.2) is 0 Å². The Morgan fingerprint density at radius 2 is 2.09 bits per heavy atom. The summed E-state index contributed by atoms with van der Waals surface area (Å²) >= 11 is 0. The van der Waals surface area contributed by atoms with Crippen LogP contribution in [-0.4, -0.2) is 34.1 Å². The molecule has 0 spiro atoms. The predicted octanol–water partition coefficient (Wildman–Crippen LogP) is 1.92. The SMILES string of the molecule is O=C(Nc1cc(-c2cccc([N+](=O)[O-])c2)[nH]n1)C1CCNCC1. The number of aromatic nitrogens is 2. The molecule has 0 aliphatic carbocycles. The molecule has 0 bridgehead atoms. The average Bonchev–Trinajstić information content (AvgIpc) is 3.04. The van der Waals surface area contributed by atoms with Crippen LogP contribution in [0.3, 0.4) is 0 Å². The molecule has 0 radical (unpaired) electrons. The molecule has 3 N–H and O–H groups in total. The molecule has 0 atom stereocenters. The number of amides is 1. The fraction of sp³-hybridized carbons (Fsp3) is 0.333. The van der Waals surface area contributed by atoms with Gasteiger partial charge in [0.1, 0.15) is 0 Å². The van der Waals surface area contributed by atoms with E-state index in [0.29, 0.717) is 17.1 Å². The third-order valence-electron chi connectivity index (χ3n) is 3.91. The Kier molecular flexibility index (Phi) is 4.33. The summed E-state index contributed by atoms with van der Waals surface area (Å²) < 4.78 is 0. The number of anilines is 1. The van der Waals surface area contributed by atoms with E-state index in [9.17, 15) is 14.9 Å². The van der Waals surface area contributed by atoms with Gasteiger partial charge in [0.15, 0.2) is 5.82 Å². The molecule has 0 saturated carbocycles. The number of nitro benzene ring substituents is 1. The van der Waals surface area contributed by atoms with Gasteiger partial charge in [0, 0.05) is 29.7 Å². The molecule has 1 aliphatic rings. The lowest BCUT2D eigenvalue weighted by atomic mass is 9.97. The van der Waals surface area contributed by atoms with Gasteiger partial charge in [-0.3, -0.25) is 20.0 Å². The highest BCUT2D eigenvalue weighted by molar-refractivity contribution is 5.92. The number of benzene rings is 1. The van der Waals surface area contributed by atoms with Gasteiger partial charge in [0.05, 0.1) is 10.6 Å². The summed E-state index contributed by atoms with van der Waals surface area (Å²) in [4.78, 5) is 22.6. The predicted molar refractivity (Wildman–Crippen MR) is 84.9 cm³/mol. The van der Waals surface area contributed by atoms with Gasteiger partial charge >= 0.3 is 0 Å². The van der Waals surface area contributed by atoms with Crippen LogP contribution in [0.15, 0.2) is 30.3 Å². The largest absolute Gasteiger partial charge is 0.317 e. The van der Waals surface area contributed by atoms with E-state index >= 15 is 0 Å². The van der Waals surface area contributed by atoms with Gasteiger partial charge < -0.3 is 10.6 Å². The van der Waals surface area contributed by atoms with E-state index in [4.69, 9.17) is 0 Å². The standard InChI is InChI=1S/C15H17N5O3/c21-15(10-4-6-16-7-5-10)17-14-9-13(18-19-14)11-2-1-3-12(8-11)20(22)23/h1-3,8-10,16H,4-7H2,(H2,17,18,19,21).